The van der Waals surface area contributed by atoms with E-state index in [1.54, 1.807) is 30.3 Å². The molecule has 0 bridgehead atoms. The Balaban J connectivity index is 1.41. The molecule has 3 aromatic carbocycles. The zero-order valence-electron chi connectivity index (χ0n) is 19.3. The number of nitrogens with one attached hydrogen (secondary N) is 1. The first-order valence-electron chi connectivity index (χ1n) is 11.3. The van der Waals surface area contributed by atoms with Crippen LogP contribution in [0.5, 0.6) is 0 Å². The predicted octanol–water partition coefficient (Wildman–Crippen LogP) is 5.44. The van der Waals surface area contributed by atoms with Gasteiger partial charge < -0.3 is 5.32 Å². The molecule has 0 radical (unpaired) electrons. The van der Waals surface area contributed by atoms with E-state index in [2.05, 4.69) is 22.5 Å². The number of benzene rings is 3. The van der Waals surface area contributed by atoms with Gasteiger partial charge in [0.2, 0.25) is 0 Å². The first-order chi connectivity index (χ1) is 16.5. The van der Waals surface area contributed by atoms with Gasteiger partial charge in [-0.05, 0) is 74.7 Å². The monoisotopic (exact) mass is 469 g/mol. The molecule has 0 saturated heterocycles. The molecular weight excluding hydrogens is 442 g/mol. The number of hydrogen-bond donors (Lipinski definition) is 1. The summed E-state index contributed by atoms with van der Waals surface area (Å²) in [6.45, 7) is 4.05. The molecule has 5 nitrogen and oxygen atoms in total. The minimum absolute atomic E-state index is 0.0483. The fourth-order valence-corrected chi connectivity index (χ4v) is 4.29. The summed E-state index contributed by atoms with van der Waals surface area (Å²) >= 11 is 1.50. The van der Waals surface area contributed by atoms with Crippen LogP contribution < -0.4 is 10.9 Å². The predicted molar refractivity (Wildman–Crippen MR) is 137 cm³/mol. The van der Waals surface area contributed by atoms with Crippen molar-refractivity contribution >= 4 is 17.7 Å². The Bertz CT molecular complexity index is 1300. The molecule has 4 rings (SSSR count). The molecule has 1 heterocycles. The van der Waals surface area contributed by atoms with E-state index in [1.807, 2.05) is 56.3 Å². The molecule has 1 amide bonds. The minimum atomic E-state index is -0.222. The maximum Gasteiger partial charge on any atom is 0.271 e. The van der Waals surface area contributed by atoms with E-state index in [0.29, 0.717) is 11.3 Å². The van der Waals surface area contributed by atoms with Crippen LogP contribution in [0, 0.1) is 6.92 Å². The standard InChI is InChI=1S/C28H27N3O2S/c1-20-8-16-25(17-9-20)34-26-18-19-27(32)31(30-26)24-14-12-23(13-15-24)28(33)29-21(2)10-11-22-6-4-3-5-7-22/h3-9,12-19,21H,10-11H2,1-2H3,(H,29,33)/t21-/m1/s1. The Morgan fingerprint density at radius 2 is 1.65 bits per heavy atom. The second-order valence-electron chi connectivity index (χ2n) is 8.28. The Labute approximate surface area is 203 Å². The second-order valence-corrected chi connectivity index (χ2v) is 9.38. The Morgan fingerprint density at radius 1 is 0.941 bits per heavy atom. The molecular formula is C28H27N3O2S. The van der Waals surface area contributed by atoms with E-state index >= 15 is 0 Å². The highest BCUT2D eigenvalue weighted by molar-refractivity contribution is 7.99. The third kappa shape index (κ3) is 6.23. The van der Waals surface area contributed by atoms with Gasteiger partial charge in [0.15, 0.2) is 0 Å². The van der Waals surface area contributed by atoms with Gasteiger partial charge in [0, 0.05) is 22.6 Å². The lowest BCUT2D eigenvalue weighted by Crippen LogP contribution is -2.32. The number of rotatable bonds is 8. The molecule has 6 heteroatoms. The molecule has 34 heavy (non-hydrogen) atoms. The average molecular weight is 470 g/mol. The molecule has 1 N–H and O–H groups in total. The van der Waals surface area contributed by atoms with Crippen LogP contribution in [0.4, 0.5) is 0 Å². The van der Waals surface area contributed by atoms with Crippen molar-refractivity contribution in [3.05, 3.63) is 118 Å². The number of aryl methyl sites for hydroxylation is 2. The van der Waals surface area contributed by atoms with E-state index < -0.39 is 0 Å². The molecule has 0 aliphatic heterocycles. The quantitative estimate of drug-likeness (QED) is 0.373. The van der Waals surface area contributed by atoms with Crippen LogP contribution in [0.1, 0.15) is 34.8 Å². The van der Waals surface area contributed by atoms with Gasteiger partial charge in [0.25, 0.3) is 11.5 Å². The average Bonchev–Trinajstić information content (AvgIpc) is 2.86. The fraction of sp³-hybridized carbons (Fsp3) is 0.179. The smallest absolute Gasteiger partial charge is 0.271 e. The van der Waals surface area contributed by atoms with Crippen LogP contribution in [-0.2, 0) is 6.42 Å². The van der Waals surface area contributed by atoms with Crippen LogP contribution in [-0.4, -0.2) is 21.7 Å². The van der Waals surface area contributed by atoms with Crippen molar-refractivity contribution in [2.24, 2.45) is 0 Å². The van der Waals surface area contributed by atoms with Gasteiger partial charge >= 0.3 is 0 Å². The first-order valence-corrected chi connectivity index (χ1v) is 12.1. The van der Waals surface area contributed by atoms with Gasteiger partial charge in [0.05, 0.1) is 5.69 Å². The van der Waals surface area contributed by atoms with Crippen molar-refractivity contribution in [3.63, 3.8) is 0 Å². The van der Waals surface area contributed by atoms with Gasteiger partial charge in [-0.3, -0.25) is 9.59 Å². The highest BCUT2D eigenvalue weighted by Crippen LogP contribution is 2.25. The number of amides is 1. The van der Waals surface area contributed by atoms with E-state index in [9.17, 15) is 9.59 Å². The van der Waals surface area contributed by atoms with Crippen molar-refractivity contribution in [2.45, 2.75) is 42.7 Å². The van der Waals surface area contributed by atoms with Crippen LogP contribution in [0.25, 0.3) is 5.69 Å². The van der Waals surface area contributed by atoms with E-state index in [-0.39, 0.29) is 17.5 Å². The summed E-state index contributed by atoms with van der Waals surface area (Å²) in [6.07, 6.45) is 1.77. The summed E-state index contributed by atoms with van der Waals surface area (Å²) in [5.41, 5.74) is 3.39. The maximum absolute atomic E-state index is 12.7. The molecule has 4 aromatic rings. The summed E-state index contributed by atoms with van der Waals surface area (Å²) in [5.74, 6) is -0.129. The van der Waals surface area contributed by atoms with Gasteiger partial charge in [-0.25, -0.2) is 0 Å². The molecule has 0 spiro atoms. The Hall–Kier alpha value is -3.64. The summed E-state index contributed by atoms with van der Waals surface area (Å²) in [4.78, 5) is 26.2. The largest absolute Gasteiger partial charge is 0.350 e. The zero-order chi connectivity index (χ0) is 23.9. The van der Waals surface area contributed by atoms with Gasteiger partial charge in [0.1, 0.15) is 5.03 Å². The molecule has 1 aromatic heterocycles. The van der Waals surface area contributed by atoms with Crippen molar-refractivity contribution in [1.29, 1.82) is 0 Å². The highest BCUT2D eigenvalue weighted by atomic mass is 32.2. The van der Waals surface area contributed by atoms with Crippen molar-refractivity contribution in [2.75, 3.05) is 0 Å². The zero-order valence-corrected chi connectivity index (χ0v) is 20.1. The fourth-order valence-electron chi connectivity index (χ4n) is 3.52. The molecule has 0 aliphatic carbocycles. The molecule has 172 valence electrons. The molecule has 0 unspecified atom stereocenters. The summed E-state index contributed by atoms with van der Waals surface area (Å²) in [5, 5.41) is 8.27. The van der Waals surface area contributed by atoms with Crippen LogP contribution in [0.3, 0.4) is 0 Å². The Morgan fingerprint density at radius 3 is 2.35 bits per heavy atom. The first kappa shape index (κ1) is 23.5. The second kappa shape index (κ2) is 11.0. The molecule has 0 aliphatic rings. The van der Waals surface area contributed by atoms with Crippen molar-refractivity contribution in [1.82, 2.24) is 15.1 Å². The number of carbonyl (C=O) groups is 1. The molecule has 0 saturated carbocycles. The number of hydrogen-bond acceptors (Lipinski definition) is 4. The van der Waals surface area contributed by atoms with Gasteiger partial charge in [-0.2, -0.15) is 9.78 Å². The number of carbonyl (C=O) groups excluding carboxylic acids is 1. The third-order valence-electron chi connectivity index (χ3n) is 5.48. The van der Waals surface area contributed by atoms with Crippen molar-refractivity contribution in [3.8, 4) is 5.69 Å². The Kier molecular flexibility index (Phi) is 7.60. The third-order valence-corrected chi connectivity index (χ3v) is 6.41. The van der Waals surface area contributed by atoms with Gasteiger partial charge in [-0.15, -0.1) is 0 Å². The van der Waals surface area contributed by atoms with Crippen LogP contribution in [0.2, 0.25) is 0 Å². The normalized spacial score (nSPS) is 11.7. The summed E-state index contributed by atoms with van der Waals surface area (Å²) in [6, 6.07) is 28.6. The van der Waals surface area contributed by atoms with Gasteiger partial charge in [-0.1, -0.05) is 59.8 Å². The molecule has 1 atom stereocenters. The minimum Gasteiger partial charge on any atom is -0.350 e. The summed E-state index contributed by atoms with van der Waals surface area (Å²) < 4.78 is 1.36. The maximum atomic E-state index is 12.7. The summed E-state index contributed by atoms with van der Waals surface area (Å²) in [7, 11) is 0. The number of aromatic nitrogens is 2. The van der Waals surface area contributed by atoms with Crippen LogP contribution in [0.15, 0.2) is 106 Å². The van der Waals surface area contributed by atoms with E-state index in [1.165, 1.54) is 33.6 Å². The van der Waals surface area contributed by atoms with Crippen LogP contribution >= 0.6 is 11.8 Å². The SMILES string of the molecule is Cc1ccc(Sc2ccc(=O)n(-c3ccc(C(=O)N[C@H](C)CCc4ccccc4)cc3)n2)cc1. The van der Waals surface area contributed by atoms with E-state index in [4.69, 9.17) is 0 Å². The lowest BCUT2D eigenvalue weighted by Gasteiger charge is -2.14. The topological polar surface area (TPSA) is 64.0 Å². The number of nitrogens with zero attached hydrogens (tertiary/aromatic N) is 2. The van der Waals surface area contributed by atoms with E-state index in [0.717, 1.165) is 22.8 Å². The lowest BCUT2D eigenvalue weighted by atomic mass is 10.1. The highest BCUT2D eigenvalue weighted by Gasteiger charge is 2.11. The lowest BCUT2D eigenvalue weighted by molar-refractivity contribution is 0.0938. The molecule has 0 fully saturated rings. The van der Waals surface area contributed by atoms with Crippen molar-refractivity contribution < 1.29 is 4.79 Å².